The van der Waals surface area contributed by atoms with E-state index in [1.165, 1.54) is 11.1 Å². The Labute approximate surface area is 132 Å². The molecule has 0 unspecified atom stereocenters. The molecule has 0 spiro atoms. The first-order valence-electron chi connectivity index (χ1n) is 7.34. The van der Waals surface area contributed by atoms with Crippen molar-refractivity contribution in [3.05, 3.63) is 58.6 Å². The van der Waals surface area contributed by atoms with Crippen molar-refractivity contribution in [2.75, 3.05) is 11.9 Å². The Morgan fingerprint density at radius 2 is 1.86 bits per heavy atom. The first-order valence-corrected chi connectivity index (χ1v) is 7.72. The lowest BCUT2D eigenvalue weighted by Gasteiger charge is -2.17. The van der Waals surface area contributed by atoms with Crippen LogP contribution in [0.1, 0.15) is 25.0 Å². The zero-order valence-electron chi connectivity index (χ0n) is 12.8. The highest BCUT2D eigenvalue weighted by Crippen LogP contribution is 2.20. The van der Waals surface area contributed by atoms with Gasteiger partial charge in [0.25, 0.3) is 0 Å². The normalized spacial score (nSPS) is 12.0. The quantitative estimate of drug-likeness (QED) is 0.802. The molecule has 0 aliphatic carbocycles. The van der Waals surface area contributed by atoms with E-state index >= 15 is 0 Å². The van der Waals surface area contributed by atoms with Gasteiger partial charge in [0.1, 0.15) is 11.9 Å². The Bertz CT molecular complexity index is 580. The molecule has 21 heavy (non-hydrogen) atoms. The number of hydrogen-bond donors (Lipinski definition) is 1. The summed E-state index contributed by atoms with van der Waals surface area (Å²) in [6.07, 6.45) is 1.13. The minimum atomic E-state index is 0.0795. The fourth-order valence-electron chi connectivity index (χ4n) is 2.12. The molecule has 0 saturated heterocycles. The largest absolute Gasteiger partial charge is 0.489 e. The van der Waals surface area contributed by atoms with Crippen LogP contribution in [-0.2, 0) is 6.42 Å². The summed E-state index contributed by atoms with van der Waals surface area (Å²) >= 11 is 6.02. The van der Waals surface area contributed by atoms with E-state index in [9.17, 15) is 0 Å². The smallest absolute Gasteiger partial charge is 0.119 e. The summed E-state index contributed by atoms with van der Waals surface area (Å²) in [4.78, 5) is 0. The van der Waals surface area contributed by atoms with Crippen LogP contribution in [0.3, 0.4) is 0 Å². The molecule has 0 aromatic heterocycles. The average Bonchev–Trinajstić information content (AvgIpc) is 2.49. The van der Waals surface area contributed by atoms with Gasteiger partial charge in [0.2, 0.25) is 0 Å². The molecule has 0 amide bonds. The van der Waals surface area contributed by atoms with E-state index in [0.29, 0.717) is 0 Å². The number of nitrogens with one attached hydrogen (secondary N) is 1. The lowest BCUT2D eigenvalue weighted by Crippen LogP contribution is -2.23. The molecule has 112 valence electrons. The van der Waals surface area contributed by atoms with Crippen LogP contribution in [0.4, 0.5) is 5.69 Å². The van der Waals surface area contributed by atoms with Gasteiger partial charge in [-0.05, 0) is 55.7 Å². The van der Waals surface area contributed by atoms with E-state index in [4.69, 9.17) is 16.3 Å². The minimum absolute atomic E-state index is 0.0795. The molecule has 0 aliphatic heterocycles. The van der Waals surface area contributed by atoms with E-state index in [1.54, 1.807) is 0 Å². The Balaban J connectivity index is 1.89. The van der Waals surface area contributed by atoms with Gasteiger partial charge in [-0.2, -0.15) is 0 Å². The molecule has 2 aromatic carbocycles. The van der Waals surface area contributed by atoms with Crippen LogP contribution >= 0.6 is 11.6 Å². The number of ether oxygens (including phenoxy) is 1. The molecule has 1 N–H and O–H groups in total. The predicted molar refractivity (Wildman–Crippen MR) is 90.6 cm³/mol. The number of anilines is 1. The number of hydrogen-bond acceptors (Lipinski definition) is 2. The number of benzene rings is 2. The van der Waals surface area contributed by atoms with Gasteiger partial charge in [0.05, 0.1) is 6.54 Å². The Morgan fingerprint density at radius 1 is 1.14 bits per heavy atom. The number of rotatable bonds is 6. The van der Waals surface area contributed by atoms with Crippen LogP contribution in [0.2, 0.25) is 5.02 Å². The van der Waals surface area contributed by atoms with Crippen LogP contribution in [-0.4, -0.2) is 12.6 Å². The van der Waals surface area contributed by atoms with Crippen molar-refractivity contribution in [3.63, 3.8) is 0 Å². The van der Waals surface area contributed by atoms with Crippen molar-refractivity contribution < 1.29 is 4.74 Å². The molecule has 0 radical (unpaired) electrons. The Hall–Kier alpha value is -1.67. The number of halogens is 1. The van der Waals surface area contributed by atoms with Crippen molar-refractivity contribution in [2.45, 2.75) is 33.3 Å². The molecule has 0 fully saturated rings. The summed E-state index contributed by atoms with van der Waals surface area (Å²) < 4.78 is 5.91. The van der Waals surface area contributed by atoms with Crippen LogP contribution in [0.15, 0.2) is 42.5 Å². The summed E-state index contributed by atoms with van der Waals surface area (Å²) in [5.41, 5.74) is 3.56. The van der Waals surface area contributed by atoms with Crippen molar-refractivity contribution in [3.8, 4) is 5.75 Å². The van der Waals surface area contributed by atoms with Gasteiger partial charge in [-0.1, -0.05) is 36.7 Å². The van der Waals surface area contributed by atoms with Gasteiger partial charge in [0.15, 0.2) is 0 Å². The molecule has 0 saturated carbocycles. The standard InChI is InChI=1S/C18H22ClNO/c1-4-15-6-9-17(10-7-15)21-14(3)12-20-18-11-16(19)8-5-13(18)2/h5-11,14,20H,4,12H2,1-3H3/t14-/m1/s1. The Kier molecular flexibility index (Phi) is 5.51. The van der Waals surface area contributed by atoms with Gasteiger partial charge < -0.3 is 10.1 Å². The molecule has 2 aromatic rings. The van der Waals surface area contributed by atoms with Gasteiger partial charge in [-0.3, -0.25) is 0 Å². The summed E-state index contributed by atoms with van der Waals surface area (Å²) in [5.74, 6) is 0.907. The lowest BCUT2D eigenvalue weighted by molar-refractivity contribution is 0.234. The third kappa shape index (κ3) is 4.68. The van der Waals surface area contributed by atoms with E-state index in [1.807, 2.05) is 30.3 Å². The van der Waals surface area contributed by atoms with Gasteiger partial charge in [-0.25, -0.2) is 0 Å². The number of aryl methyl sites for hydroxylation is 2. The van der Waals surface area contributed by atoms with Crippen LogP contribution in [0.25, 0.3) is 0 Å². The fraction of sp³-hybridized carbons (Fsp3) is 0.333. The van der Waals surface area contributed by atoms with Crippen molar-refractivity contribution >= 4 is 17.3 Å². The maximum atomic E-state index is 6.02. The second-order valence-electron chi connectivity index (χ2n) is 5.27. The van der Waals surface area contributed by atoms with Crippen molar-refractivity contribution in [1.29, 1.82) is 0 Å². The monoisotopic (exact) mass is 303 g/mol. The van der Waals surface area contributed by atoms with E-state index in [-0.39, 0.29) is 6.10 Å². The highest BCUT2D eigenvalue weighted by Gasteiger charge is 2.06. The van der Waals surface area contributed by atoms with Crippen LogP contribution < -0.4 is 10.1 Å². The molecule has 2 rings (SSSR count). The maximum absolute atomic E-state index is 6.02. The third-order valence-corrected chi connectivity index (χ3v) is 3.68. The molecule has 0 aliphatic rings. The zero-order valence-corrected chi connectivity index (χ0v) is 13.6. The predicted octanol–water partition coefficient (Wildman–Crippen LogP) is 5.09. The van der Waals surface area contributed by atoms with Gasteiger partial charge >= 0.3 is 0 Å². The molecule has 0 bridgehead atoms. The summed E-state index contributed by atoms with van der Waals surface area (Å²) in [6.45, 7) is 7.00. The van der Waals surface area contributed by atoms with Crippen LogP contribution in [0, 0.1) is 6.92 Å². The second-order valence-corrected chi connectivity index (χ2v) is 5.70. The first kappa shape index (κ1) is 15.7. The maximum Gasteiger partial charge on any atom is 0.119 e. The highest BCUT2D eigenvalue weighted by atomic mass is 35.5. The molecule has 3 heteroatoms. The topological polar surface area (TPSA) is 21.3 Å². The third-order valence-electron chi connectivity index (χ3n) is 3.45. The fourth-order valence-corrected chi connectivity index (χ4v) is 2.29. The van der Waals surface area contributed by atoms with E-state index in [2.05, 4.69) is 38.2 Å². The summed E-state index contributed by atoms with van der Waals surface area (Å²) in [5, 5.41) is 4.13. The van der Waals surface area contributed by atoms with E-state index < -0.39 is 0 Å². The summed E-state index contributed by atoms with van der Waals surface area (Å²) in [7, 11) is 0. The van der Waals surface area contributed by atoms with E-state index in [0.717, 1.165) is 29.4 Å². The van der Waals surface area contributed by atoms with Crippen LogP contribution in [0.5, 0.6) is 5.75 Å². The van der Waals surface area contributed by atoms with Crippen molar-refractivity contribution in [1.82, 2.24) is 0 Å². The SMILES string of the molecule is CCc1ccc(O[C@H](C)CNc2cc(Cl)ccc2C)cc1. The minimum Gasteiger partial charge on any atom is -0.489 e. The zero-order chi connectivity index (χ0) is 15.2. The lowest BCUT2D eigenvalue weighted by atomic mass is 10.2. The van der Waals surface area contributed by atoms with Gasteiger partial charge in [0, 0.05) is 10.7 Å². The molecular weight excluding hydrogens is 282 g/mol. The highest BCUT2D eigenvalue weighted by molar-refractivity contribution is 6.30. The van der Waals surface area contributed by atoms with Gasteiger partial charge in [-0.15, -0.1) is 0 Å². The van der Waals surface area contributed by atoms with Crippen molar-refractivity contribution in [2.24, 2.45) is 0 Å². The first-order chi connectivity index (χ1) is 10.1. The molecule has 2 nitrogen and oxygen atoms in total. The molecular formula is C18H22ClNO. The molecule has 0 heterocycles. The molecule has 1 atom stereocenters. The summed E-state index contributed by atoms with van der Waals surface area (Å²) in [6, 6.07) is 14.1. The second kappa shape index (κ2) is 7.37. The average molecular weight is 304 g/mol. The Morgan fingerprint density at radius 3 is 2.52 bits per heavy atom.